The molecule has 3 heteroatoms. The topological polar surface area (TPSA) is 29.3 Å². The summed E-state index contributed by atoms with van der Waals surface area (Å²) in [6.07, 6.45) is 1.17. The van der Waals surface area contributed by atoms with Crippen molar-refractivity contribution in [3.05, 3.63) is 35.1 Å². The Bertz CT molecular complexity index is 349. The Balaban J connectivity index is 2.07. The first-order valence-corrected chi connectivity index (χ1v) is 5.40. The highest BCUT2D eigenvalue weighted by molar-refractivity contribution is 5.26. The van der Waals surface area contributed by atoms with Gasteiger partial charge in [0.15, 0.2) is 0 Å². The minimum atomic E-state index is -0.152. The number of halogens is 1. The number of hydrogen-bond acceptors (Lipinski definition) is 2. The first-order chi connectivity index (χ1) is 7.20. The zero-order chi connectivity index (χ0) is 10.8. The molecule has 1 aromatic rings. The highest BCUT2D eigenvalue weighted by Gasteiger charge is 2.26. The van der Waals surface area contributed by atoms with E-state index in [1.807, 2.05) is 13.0 Å². The van der Waals surface area contributed by atoms with Gasteiger partial charge in [0.1, 0.15) is 5.82 Å². The molecule has 2 N–H and O–H groups in total. The maximum atomic E-state index is 13.1. The van der Waals surface area contributed by atoms with Gasteiger partial charge in [0.05, 0.1) is 0 Å². The van der Waals surface area contributed by atoms with Crippen molar-refractivity contribution in [1.29, 1.82) is 0 Å². The molecule has 1 aliphatic rings. The molecule has 1 aromatic carbocycles. The van der Waals surface area contributed by atoms with Gasteiger partial charge in [0, 0.05) is 25.7 Å². The predicted octanol–water partition coefficient (Wildman–Crippen LogP) is 1.67. The Morgan fingerprint density at radius 2 is 2.33 bits per heavy atom. The lowest BCUT2D eigenvalue weighted by Gasteiger charge is -2.40. The Kier molecular flexibility index (Phi) is 3.03. The third-order valence-corrected chi connectivity index (χ3v) is 3.22. The summed E-state index contributed by atoms with van der Waals surface area (Å²) in [5.74, 6) is -0.152. The van der Waals surface area contributed by atoms with Gasteiger partial charge in [0.25, 0.3) is 0 Å². The minimum absolute atomic E-state index is 0.152. The fourth-order valence-electron chi connectivity index (χ4n) is 2.00. The molecule has 1 unspecified atom stereocenters. The molecular formula is C12H17FN2. The number of nitrogens with zero attached hydrogens (tertiary/aromatic N) is 1. The molecule has 0 radical (unpaired) electrons. The van der Waals surface area contributed by atoms with E-state index in [0.29, 0.717) is 12.6 Å². The number of likely N-dealkylation sites (tertiary alicyclic amines) is 1. The van der Waals surface area contributed by atoms with Crippen molar-refractivity contribution < 1.29 is 4.39 Å². The van der Waals surface area contributed by atoms with Crippen LogP contribution in [-0.2, 0) is 6.54 Å². The van der Waals surface area contributed by atoms with Crippen molar-refractivity contribution in [2.24, 2.45) is 5.73 Å². The fraction of sp³-hybridized carbons (Fsp3) is 0.500. The zero-order valence-corrected chi connectivity index (χ0v) is 9.04. The molecule has 1 saturated heterocycles. The second-order valence-electron chi connectivity index (χ2n) is 4.22. The summed E-state index contributed by atoms with van der Waals surface area (Å²) in [5.41, 5.74) is 7.86. The van der Waals surface area contributed by atoms with E-state index in [1.54, 1.807) is 6.07 Å². The average Bonchev–Trinajstić information content (AvgIpc) is 2.18. The summed E-state index contributed by atoms with van der Waals surface area (Å²) < 4.78 is 13.1. The Hall–Kier alpha value is -0.930. The molecule has 15 heavy (non-hydrogen) atoms. The van der Waals surface area contributed by atoms with Crippen LogP contribution in [0, 0.1) is 12.7 Å². The van der Waals surface area contributed by atoms with E-state index >= 15 is 0 Å². The standard InChI is InChI=1S/C12H17FN2/c1-9-2-3-11(13)6-10(9)8-15-5-4-12(15)7-14/h2-3,6,12H,4-5,7-8,14H2,1H3. The largest absolute Gasteiger partial charge is 0.329 e. The third kappa shape index (κ3) is 2.19. The van der Waals surface area contributed by atoms with Crippen molar-refractivity contribution in [3.63, 3.8) is 0 Å². The third-order valence-electron chi connectivity index (χ3n) is 3.22. The summed E-state index contributed by atoms with van der Waals surface area (Å²) >= 11 is 0. The summed E-state index contributed by atoms with van der Waals surface area (Å²) in [5, 5.41) is 0. The van der Waals surface area contributed by atoms with Crippen LogP contribution in [0.1, 0.15) is 17.5 Å². The van der Waals surface area contributed by atoms with Crippen molar-refractivity contribution in [3.8, 4) is 0 Å². The summed E-state index contributed by atoms with van der Waals surface area (Å²) in [6, 6.07) is 5.46. The maximum absolute atomic E-state index is 13.1. The SMILES string of the molecule is Cc1ccc(F)cc1CN1CCC1CN. The van der Waals surface area contributed by atoms with Gasteiger partial charge in [-0.25, -0.2) is 4.39 Å². The van der Waals surface area contributed by atoms with E-state index in [1.165, 1.54) is 12.5 Å². The average molecular weight is 208 g/mol. The first-order valence-electron chi connectivity index (χ1n) is 5.40. The second-order valence-corrected chi connectivity index (χ2v) is 4.22. The second kappa shape index (κ2) is 4.29. The van der Waals surface area contributed by atoms with Gasteiger partial charge in [-0.05, 0) is 36.6 Å². The molecule has 0 bridgehead atoms. The molecule has 82 valence electrons. The van der Waals surface area contributed by atoms with Crippen LogP contribution >= 0.6 is 0 Å². The van der Waals surface area contributed by atoms with Crippen LogP contribution in [0.3, 0.4) is 0 Å². The monoisotopic (exact) mass is 208 g/mol. The molecule has 0 spiro atoms. The molecule has 1 aliphatic heterocycles. The lowest BCUT2D eigenvalue weighted by atomic mass is 10.0. The van der Waals surface area contributed by atoms with Crippen molar-refractivity contribution in [1.82, 2.24) is 4.90 Å². The number of aryl methyl sites for hydroxylation is 1. The van der Waals surface area contributed by atoms with Crippen LogP contribution in [0.15, 0.2) is 18.2 Å². The fourth-order valence-corrected chi connectivity index (χ4v) is 2.00. The summed E-state index contributed by atoms with van der Waals surface area (Å²) in [7, 11) is 0. The summed E-state index contributed by atoms with van der Waals surface area (Å²) in [6.45, 7) is 4.63. The Morgan fingerprint density at radius 1 is 1.53 bits per heavy atom. The summed E-state index contributed by atoms with van der Waals surface area (Å²) in [4.78, 5) is 2.31. The van der Waals surface area contributed by atoms with Crippen LogP contribution in [-0.4, -0.2) is 24.0 Å². The maximum Gasteiger partial charge on any atom is 0.123 e. The van der Waals surface area contributed by atoms with Crippen LogP contribution in [0.4, 0.5) is 4.39 Å². The van der Waals surface area contributed by atoms with Crippen LogP contribution in [0.2, 0.25) is 0 Å². The molecule has 2 nitrogen and oxygen atoms in total. The van der Waals surface area contributed by atoms with E-state index in [0.717, 1.165) is 24.2 Å². The normalized spacial score (nSPS) is 21.4. The molecule has 1 heterocycles. The van der Waals surface area contributed by atoms with Gasteiger partial charge < -0.3 is 5.73 Å². The van der Waals surface area contributed by atoms with Gasteiger partial charge in [-0.3, -0.25) is 4.90 Å². The minimum Gasteiger partial charge on any atom is -0.329 e. The lowest BCUT2D eigenvalue weighted by molar-refractivity contribution is 0.0879. The molecule has 1 atom stereocenters. The van der Waals surface area contributed by atoms with Crippen LogP contribution in [0.5, 0.6) is 0 Å². The van der Waals surface area contributed by atoms with Crippen molar-refractivity contribution >= 4 is 0 Å². The predicted molar refractivity (Wildman–Crippen MR) is 59.0 cm³/mol. The van der Waals surface area contributed by atoms with Gasteiger partial charge in [0.2, 0.25) is 0 Å². The van der Waals surface area contributed by atoms with Crippen LogP contribution < -0.4 is 5.73 Å². The molecule has 0 saturated carbocycles. The molecule has 2 rings (SSSR count). The molecule has 0 amide bonds. The molecular weight excluding hydrogens is 191 g/mol. The smallest absolute Gasteiger partial charge is 0.123 e. The van der Waals surface area contributed by atoms with Crippen molar-refractivity contribution in [2.45, 2.75) is 25.9 Å². The van der Waals surface area contributed by atoms with Crippen LogP contribution in [0.25, 0.3) is 0 Å². The number of hydrogen-bond donors (Lipinski definition) is 1. The Labute approximate surface area is 89.9 Å². The van der Waals surface area contributed by atoms with E-state index in [-0.39, 0.29) is 5.82 Å². The molecule has 0 aromatic heterocycles. The van der Waals surface area contributed by atoms with E-state index < -0.39 is 0 Å². The number of rotatable bonds is 3. The highest BCUT2D eigenvalue weighted by Crippen LogP contribution is 2.21. The highest BCUT2D eigenvalue weighted by atomic mass is 19.1. The molecule has 1 fully saturated rings. The Morgan fingerprint density at radius 3 is 2.93 bits per heavy atom. The van der Waals surface area contributed by atoms with Gasteiger partial charge in [-0.15, -0.1) is 0 Å². The lowest BCUT2D eigenvalue weighted by Crippen LogP contribution is -2.50. The van der Waals surface area contributed by atoms with E-state index in [2.05, 4.69) is 4.90 Å². The number of nitrogens with two attached hydrogens (primary N) is 1. The number of benzene rings is 1. The van der Waals surface area contributed by atoms with Gasteiger partial charge in [-0.2, -0.15) is 0 Å². The first kappa shape index (κ1) is 10.6. The quantitative estimate of drug-likeness (QED) is 0.818. The van der Waals surface area contributed by atoms with E-state index in [4.69, 9.17) is 5.73 Å². The zero-order valence-electron chi connectivity index (χ0n) is 9.04. The van der Waals surface area contributed by atoms with Gasteiger partial charge in [-0.1, -0.05) is 6.07 Å². The van der Waals surface area contributed by atoms with Gasteiger partial charge >= 0.3 is 0 Å². The van der Waals surface area contributed by atoms with Crippen molar-refractivity contribution in [2.75, 3.05) is 13.1 Å². The molecule has 0 aliphatic carbocycles. The van der Waals surface area contributed by atoms with E-state index in [9.17, 15) is 4.39 Å².